The molecule has 2 heterocycles. The zero-order chi connectivity index (χ0) is 28.4. The van der Waals surface area contributed by atoms with Gasteiger partial charge in [-0.25, -0.2) is 8.42 Å². The van der Waals surface area contributed by atoms with E-state index in [1.54, 1.807) is 6.26 Å². The van der Waals surface area contributed by atoms with Crippen molar-refractivity contribution >= 4 is 21.8 Å². The van der Waals surface area contributed by atoms with Crippen LogP contribution in [0, 0.1) is 6.42 Å². The molecule has 0 aromatic heterocycles. The number of sulfone groups is 1. The standard InChI is InChI=1S/C30H33O9S/c1-18(31)37-25-16-27(40(3,33)34)39-29(30(25)38-19(2)32)22-11-12-23(20-9-10-20)24(15-22)28(21-7-5-4-6-8-21)26-17-35-13-14-36-26/h4-5,7,11-17,20,25,27-30H,6,8-10H2,1-3H3/t25-,27-,28?,29+,30+/m1/s1. The van der Waals surface area contributed by atoms with Gasteiger partial charge in [0.25, 0.3) is 0 Å². The molecule has 2 aliphatic carbocycles. The van der Waals surface area contributed by atoms with Crippen LogP contribution in [0.3, 0.4) is 0 Å². The molecule has 10 heteroatoms. The van der Waals surface area contributed by atoms with Gasteiger partial charge in [0.2, 0.25) is 0 Å². The fourth-order valence-electron chi connectivity index (χ4n) is 5.43. The normalized spacial score (nSPS) is 27.0. The van der Waals surface area contributed by atoms with E-state index in [9.17, 15) is 18.0 Å². The first-order valence-corrected chi connectivity index (χ1v) is 15.3. The largest absolute Gasteiger partial charge is 0.466 e. The van der Waals surface area contributed by atoms with Crippen LogP contribution in [0.2, 0.25) is 0 Å². The third-order valence-electron chi connectivity index (χ3n) is 7.27. The van der Waals surface area contributed by atoms with Gasteiger partial charge in [-0.2, -0.15) is 0 Å². The van der Waals surface area contributed by atoms with Crippen LogP contribution in [0.5, 0.6) is 0 Å². The Hall–Kier alpha value is -3.37. The fourth-order valence-corrected chi connectivity index (χ4v) is 6.19. The molecule has 1 unspecified atom stereocenters. The topological polar surface area (TPSA) is 114 Å². The van der Waals surface area contributed by atoms with E-state index in [0.717, 1.165) is 48.6 Å². The number of allylic oxidation sites excluding steroid dienone is 4. The highest BCUT2D eigenvalue weighted by Crippen LogP contribution is 2.49. The lowest BCUT2D eigenvalue weighted by Gasteiger charge is -2.40. The first kappa shape index (κ1) is 28.2. The molecule has 0 spiro atoms. The zero-order valence-electron chi connectivity index (χ0n) is 22.6. The molecule has 0 N–H and O–H groups in total. The molecule has 1 saturated carbocycles. The second-order valence-electron chi connectivity index (χ2n) is 10.4. The third kappa shape index (κ3) is 6.33. The van der Waals surface area contributed by atoms with Gasteiger partial charge in [0.1, 0.15) is 36.8 Å². The van der Waals surface area contributed by atoms with Crippen LogP contribution < -0.4 is 0 Å². The quantitative estimate of drug-likeness (QED) is 0.408. The molecule has 0 amide bonds. The van der Waals surface area contributed by atoms with Crippen molar-refractivity contribution in [3.63, 3.8) is 0 Å². The monoisotopic (exact) mass is 569 g/mol. The lowest BCUT2D eigenvalue weighted by Crippen LogP contribution is -2.50. The van der Waals surface area contributed by atoms with Gasteiger partial charge in [0.05, 0.1) is 12.3 Å². The smallest absolute Gasteiger partial charge is 0.303 e. The van der Waals surface area contributed by atoms with Crippen molar-refractivity contribution in [2.45, 2.75) is 75.1 Å². The van der Waals surface area contributed by atoms with Gasteiger partial charge in [-0.15, -0.1) is 0 Å². The Morgan fingerprint density at radius 2 is 1.85 bits per heavy atom. The van der Waals surface area contributed by atoms with Crippen LogP contribution in [0.25, 0.3) is 0 Å². The first-order valence-electron chi connectivity index (χ1n) is 13.3. The molecule has 2 fully saturated rings. The lowest BCUT2D eigenvalue weighted by atomic mass is 9.80. The van der Waals surface area contributed by atoms with Gasteiger partial charge < -0.3 is 23.7 Å². The van der Waals surface area contributed by atoms with Crippen molar-refractivity contribution in [3.8, 4) is 0 Å². The number of carbonyl (C=O) groups excluding carboxylic acids is 2. The van der Waals surface area contributed by atoms with Crippen LogP contribution in [-0.2, 0) is 43.1 Å². The molecule has 1 saturated heterocycles. The minimum absolute atomic E-state index is 0.261. The van der Waals surface area contributed by atoms with Crippen molar-refractivity contribution < 1.29 is 41.7 Å². The maximum atomic E-state index is 12.6. The van der Waals surface area contributed by atoms with Gasteiger partial charge in [-0.3, -0.25) is 9.59 Å². The molecule has 1 aromatic carbocycles. The number of rotatable bonds is 8. The second-order valence-corrected chi connectivity index (χ2v) is 12.6. The zero-order valence-corrected chi connectivity index (χ0v) is 23.5. The first-order chi connectivity index (χ1) is 19.1. The summed E-state index contributed by atoms with van der Waals surface area (Å²) in [5.41, 5.74) is 2.50. The van der Waals surface area contributed by atoms with Gasteiger partial charge in [0, 0.05) is 20.1 Å². The van der Waals surface area contributed by atoms with E-state index in [4.69, 9.17) is 23.7 Å². The number of benzene rings is 1. The third-order valence-corrected chi connectivity index (χ3v) is 8.38. The summed E-state index contributed by atoms with van der Waals surface area (Å²) in [6.45, 7) is 2.46. The van der Waals surface area contributed by atoms with Crippen molar-refractivity contribution in [1.82, 2.24) is 0 Å². The number of esters is 2. The SMILES string of the molecule is CC(=O)O[C@H]1[C@H](OC(C)=O)[CH][C@@H](S(C)(=O)=O)O[C@H]1c1ccc(C2CC2)c(C(C2=CC=CCC2)C2=COC=CO2)c1. The molecule has 4 aliphatic rings. The van der Waals surface area contributed by atoms with Gasteiger partial charge in [-0.1, -0.05) is 42.0 Å². The summed E-state index contributed by atoms with van der Waals surface area (Å²) in [5, 5.41) is 0. The fraction of sp³-hybridized carbons (Fsp3) is 0.433. The number of hydrogen-bond acceptors (Lipinski definition) is 9. The highest BCUT2D eigenvalue weighted by Gasteiger charge is 2.47. The molecule has 1 aromatic rings. The van der Waals surface area contributed by atoms with E-state index in [0.29, 0.717) is 17.2 Å². The molecule has 5 rings (SSSR count). The number of hydrogen-bond donors (Lipinski definition) is 0. The van der Waals surface area contributed by atoms with Crippen LogP contribution in [-0.4, -0.2) is 44.3 Å². The summed E-state index contributed by atoms with van der Waals surface area (Å²) in [6, 6.07) is 5.86. The van der Waals surface area contributed by atoms with Crippen molar-refractivity contribution in [3.05, 3.63) is 89.7 Å². The average Bonchev–Trinajstić information content (AvgIpc) is 3.75. The Bertz CT molecular complexity index is 1380. The van der Waals surface area contributed by atoms with Crippen LogP contribution in [0.1, 0.15) is 74.2 Å². The molecule has 2 aliphatic heterocycles. The Morgan fingerprint density at radius 3 is 2.45 bits per heavy atom. The van der Waals surface area contributed by atoms with E-state index in [-0.39, 0.29) is 5.92 Å². The second kappa shape index (κ2) is 11.6. The Morgan fingerprint density at radius 1 is 1.07 bits per heavy atom. The summed E-state index contributed by atoms with van der Waals surface area (Å²) in [5.74, 6) is -0.497. The minimum atomic E-state index is -3.74. The van der Waals surface area contributed by atoms with E-state index in [2.05, 4.69) is 12.2 Å². The highest BCUT2D eigenvalue weighted by molar-refractivity contribution is 7.91. The molecule has 213 valence electrons. The minimum Gasteiger partial charge on any atom is -0.466 e. The lowest BCUT2D eigenvalue weighted by molar-refractivity contribution is -0.187. The summed E-state index contributed by atoms with van der Waals surface area (Å²) < 4.78 is 53.7. The van der Waals surface area contributed by atoms with Crippen molar-refractivity contribution in [2.75, 3.05) is 6.26 Å². The molecule has 40 heavy (non-hydrogen) atoms. The number of ether oxygens (including phenoxy) is 5. The Kier molecular flexibility index (Phi) is 8.19. The van der Waals surface area contributed by atoms with E-state index in [1.165, 1.54) is 32.8 Å². The van der Waals surface area contributed by atoms with Gasteiger partial charge in [0.15, 0.2) is 21.4 Å². The maximum Gasteiger partial charge on any atom is 0.303 e. The van der Waals surface area contributed by atoms with E-state index >= 15 is 0 Å². The summed E-state index contributed by atoms with van der Waals surface area (Å²) in [6.07, 6.45) is 13.7. The molecule has 1 radical (unpaired) electrons. The predicted octanol–water partition coefficient (Wildman–Crippen LogP) is 4.79. The summed E-state index contributed by atoms with van der Waals surface area (Å²) >= 11 is 0. The molecule has 0 bridgehead atoms. The predicted molar refractivity (Wildman–Crippen MR) is 145 cm³/mol. The van der Waals surface area contributed by atoms with E-state index in [1.807, 2.05) is 24.3 Å². The molecule has 5 atom stereocenters. The van der Waals surface area contributed by atoms with Crippen LogP contribution >= 0.6 is 0 Å². The molecular weight excluding hydrogens is 536 g/mol. The maximum absolute atomic E-state index is 12.6. The average molecular weight is 570 g/mol. The van der Waals surface area contributed by atoms with Crippen molar-refractivity contribution in [1.29, 1.82) is 0 Å². The van der Waals surface area contributed by atoms with Crippen molar-refractivity contribution in [2.24, 2.45) is 0 Å². The van der Waals surface area contributed by atoms with Crippen LogP contribution in [0.15, 0.2) is 66.5 Å². The Balaban J connectivity index is 1.63. The Labute approximate surface area is 234 Å². The number of carbonyl (C=O) groups is 2. The molecule has 9 nitrogen and oxygen atoms in total. The molecular formula is C30H33O9S. The summed E-state index contributed by atoms with van der Waals surface area (Å²) in [4.78, 5) is 24.1. The van der Waals surface area contributed by atoms with Crippen LogP contribution in [0.4, 0.5) is 0 Å². The summed E-state index contributed by atoms with van der Waals surface area (Å²) in [7, 11) is -3.74. The van der Waals surface area contributed by atoms with Gasteiger partial charge >= 0.3 is 11.9 Å². The highest BCUT2D eigenvalue weighted by atomic mass is 32.2. The van der Waals surface area contributed by atoms with Gasteiger partial charge in [-0.05, 0) is 48.3 Å². The van der Waals surface area contributed by atoms with E-state index < -0.39 is 45.5 Å².